The van der Waals surface area contributed by atoms with Crippen molar-refractivity contribution in [2.24, 2.45) is 0 Å². The predicted octanol–water partition coefficient (Wildman–Crippen LogP) is 2.59. The molecule has 1 fully saturated rings. The molecule has 1 aliphatic rings. The zero-order valence-corrected chi connectivity index (χ0v) is 12.4. The summed E-state index contributed by atoms with van der Waals surface area (Å²) in [6, 6.07) is 0.725. The lowest BCUT2D eigenvalue weighted by molar-refractivity contribution is 0.180. The minimum absolute atomic E-state index is 0.250. The van der Waals surface area contributed by atoms with Crippen molar-refractivity contribution in [1.29, 1.82) is 0 Å². The van der Waals surface area contributed by atoms with Crippen LogP contribution in [0.25, 0.3) is 0 Å². The van der Waals surface area contributed by atoms with Crippen molar-refractivity contribution in [3.63, 3.8) is 0 Å². The fourth-order valence-electron chi connectivity index (χ4n) is 2.15. The molecular formula is C13H28N2S. The lowest BCUT2D eigenvalue weighted by Crippen LogP contribution is -2.51. The number of hydrogen-bond acceptors (Lipinski definition) is 3. The van der Waals surface area contributed by atoms with Gasteiger partial charge in [0, 0.05) is 23.4 Å². The van der Waals surface area contributed by atoms with Crippen molar-refractivity contribution < 1.29 is 0 Å². The van der Waals surface area contributed by atoms with Crippen LogP contribution in [0.5, 0.6) is 0 Å². The Bertz CT molecular complexity index is 204. The van der Waals surface area contributed by atoms with Crippen LogP contribution in [0.15, 0.2) is 0 Å². The molecular weight excluding hydrogens is 216 g/mol. The lowest BCUT2D eigenvalue weighted by atomic mass is 9.93. The third-order valence-corrected chi connectivity index (χ3v) is 5.18. The Hall–Kier alpha value is 0.270. The first-order valence-electron chi connectivity index (χ1n) is 6.41. The highest BCUT2D eigenvalue weighted by Gasteiger charge is 2.27. The highest BCUT2D eigenvalue weighted by atomic mass is 32.2. The summed E-state index contributed by atoms with van der Waals surface area (Å²) in [6.07, 6.45) is 7.82. The van der Waals surface area contributed by atoms with E-state index in [4.69, 9.17) is 0 Å². The molecule has 2 unspecified atom stereocenters. The second-order valence-corrected chi connectivity index (χ2v) is 6.83. The van der Waals surface area contributed by atoms with Gasteiger partial charge in [-0.2, -0.15) is 11.8 Å². The first kappa shape index (κ1) is 14.3. The number of likely N-dealkylation sites (N-methyl/N-ethyl adjacent to an activating group) is 1. The standard InChI is InChI=1S/C13H28N2S/c1-13(2,15(3)4)10-14-11-8-6-7-9-12(11)16-5/h11-12,14H,6-10H2,1-5H3. The van der Waals surface area contributed by atoms with Crippen LogP contribution in [0.1, 0.15) is 39.5 Å². The van der Waals surface area contributed by atoms with E-state index in [1.807, 2.05) is 11.8 Å². The van der Waals surface area contributed by atoms with E-state index in [0.29, 0.717) is 0 Å². The van der Waals surface area contributed by atoms with Crippen molar-refractivity contribution in [3.8, 4) is 0 Å². The first-order valence-corrected chi connectivity index (χ1v) is 7.70. The number of nitrogens with one attached hydrogen (secondary N) is 1. The molecule has 0 amide bonds. The third-order valence-electron chi connectivity index (χ3n) is 4.01. The summed E-state index contributed by atoms with van der Waals surface area (Å²) in [5, 5.41) is 4.61. The Morgan fingerprint density at radius 2 is 1.88 bits per heavy atom. The van der Waals surface area contributed by atoms with Gasteiger partial charge >= 0.3 is 0 Å². The summed E-state index contributed by atoms with van der Waals surface area (Å²) in [5.74, 6) is 0. The molecule has 1 rings (SSSR count). The van der Waals surface area contributed by atoms with E-state index in [1.165, 1.54) is 25.7 Å². The van der Waals surface area contributed by atoms with Crippen LogP contribution in [-0.2, 0) is 0 Å². The molecule has 0 saturated heterocycles. The summed E-state index contributed by atoms with van der Waals surface area (Å²) < 4.78 is 0. The van der Waals surface area contributed by atoms with Crippen molar-refractivity contribution in [2.45, 2.75) is 56.4 Å². The number of nitrogens with zero attached hydrogens (tertiary/aromatic N) is 1. The highest BCUT2D eigenvalue weighted by molar-refractivity contribution is 7.99. The second-order valence-electron chi connectivity index (χ2n) is 5.75. The topological polar surface area (TPSA) is 15.3 Å². The van der Waals surface area contributed by atoms with Gasteiger partial charge in [-0.05, 0) is 47.0 Å². The van der Waals surface area contributed by atoms with Gasteiger partial charge in [-0.3, -0.25) is 0 Å². The van der Waals surface area contributed by atoms with Crippen LogP contribution >= 0.6 is 11.8 Å². The van der Waals surface area contributed by atoms with Crippen LogP contribution in [0.3, 0.4) is 0 Å². The van der Waals surface area contributed by atoms with Crippen molar-refractivity contribution in [2.75, 3.05) is 26.9 Å². The van der Waals surface area contributed by atoms with Gasteiger partial charge < -0.3 is 10.2 Å². The Morgan fingerprint density at radius 3 is 2.44 bits per heavy atom. The van der Waals surface area contributed by atoms with Gasteiger partial charge in [-0.1, -0.05) is 12.8 Å². The van der Waals surface area contributed by atoms with Crippen LogP contribution < -0.4 is 5.32 Å². The number of thioether (sulfide) groups is 1. The average Bonchev–Trinajstić information content (AvgIpc) is 2.26. The molecule has 0 spiro atoms. The summed E-state index contributed by atoms with van der Waals surface area (Å²) >= 11 is 2.04. The van der Waals surface area contributed by atoms with Crippen molar-refractivity contribution >= 4 is 11.8 Å². The van der Waals surface area contributed by atoms with E-state index in [-0.39, 0.29) is 5.54 Å². The van der Waals surface area contributed by atoms with E-state index in [0.717, 1.165) is 17.8 Å². The molecule has 1 N–H and O–H groups in total. The molecule has 0 bridgehead atoms. The Morgan fingerprint density at radius 1 is 1.25 bits per heavy atom. The molecule has 1 aliphatic carbocycles. The molecule has 0 aliphatic heterocycles. The van der Waals surface area contributed by atoms with E-state index >= 15 is 0 Å². The van der Waals surface area contributed by atoms with Gasteiger partial charge in [-0.15, -0.1) is 0 Å². The van der Waals surface area contributed by atoms with Gasteiger partial charge in [0.2, 0.25) is 0 Å². The largest absolute Gasteiger partial charge is 0.311 e. The molecule has 0 aromatic heterocycles. The Labute approximate surface area is 106 Å². The SMILES string of the molecule is CSC1CCCCC1NCC(C)(C)N(C)C. The van der Waals surface area contributed by atoms with Gasteiger partial charge in [-0.25, -0.2) is 0 Å². The summed E-state index contributed by atoms with van der Waals surface area (Å²) in [5.41, 5.74) is 0.250. The quantitative estimate of drug-likeness (QED) is 0.800. The maximum atomic E-state index is 3.78. The fraction of sp³-hybridized carbons (Fsp3) is 1.00. The van der Waals surface area contributed by atoms with Crippen LogP contribution in [0.4, 0.5) is 0 Å². The summed E-state index contributed by atoms with van der Waals surface area (Å²) in [7, 11) is 4.32. The average molecular weight is 244 g/mol. The number of rotatable bonds is 5. The van der Waals surface area contributed by atoms with E-state index in [2.05, 4.69) is 44.4 Å². The first-order chi connectivity index (χ1) is 7.47. The zero-order valence-electron chi connectivity index (χ0n) is 11.5. The van der Waals surface area contributed by atoms with Crippen molar-refractivity contribution in [1.82, 2.24) is 10.2 Å². The van der Waals surface area contributed by atoms with Crippen LogP contribution in [-0.4, -0.2) is 48.6 Å². The third kappa shape index (κ3) is 3.94. The van der Waals surface area contributed by atoms with Crippen molar-refractivity contribution in [3.05, 3.63) is 0 Å². The molecule has 3 heteroatoms. The molecule has 0 aromatic rings. The minimum Gasteiger partial charge on any atom is -0.311 e. The monoisotopic (exact) mass is 244 g/mol. The van der Waals surface area contributed by atoms with E-state index in [1.54, 1.807) is 0 Å². The van der Waals surface area contributed by atoms with Gasteiger partial charge in [0.1, 0.15) is 0 Å². The number of hydrogen-bond donors (Lipinski definition) is 1. The van der Waals surface area contributed by atoms with Gasteiger partial charge in [0.15, 0.2) is 0 Å². The smallest absolute Gasteiger partial charge is 0.0271 e. The zero-order chi connectivity index (χ0) is 12.2. The van der Waals surface area contributed by atoms with E-state index < -0.39 is 0 Å². The minimum atomic E-state index is 0.250. The molecule has 2 nitrogen and oxygen atoms in total. The Balaban J connectivity index is 2.40. The van der Waals surface area contributed by atoms with E-state index in [9.17, 15) is 0 Å². The predicted molar refractivity (Wildman–Crippen MR) is 75.3 cm³/mol. The maximum Gasteiger partial charge on any atom is 0.0271 e. The Kier molecular flexibility index (Phi) is 5.62. The molecule has 96 valence electrons. The van der Waals surface area contributed by atoms with Gasteiger partial charge in [0.25, 0.3) is 0 Å². The molecule has 0 radical (unpaired) electrons. The molecule has 0 aromatic carbocycles. The molecule has 0 heterocycles. The second kappa shape index (κ2) is 6.27. The fourth-order valence-corrected chi connectivity index (χ4v) is 3.11. The molecule has 2 atom stereocenters. The normalized spacial score (nSPS) is 27.4. The molecule has 16 heavy (non-hydrogen) atoms. The lowest BCUT2D eigenvalue weighted by Gasteiger charge is -2.37. The van der Waals surface area contributed by atoms with Crippen LogP contribution in [0.2, 0.25) is 0 Å². The van der Waals surface area contributed by atoms with Gasteiger partial charge in [0.05, 0.1) is 0 Å². The summed E-state index contributed by atoms with van der Waals surface area (Å²) in [4.78, 5) is 2.30. The molecule has 1 saturated carbocycles. The highest BCUT2D eigenvalue weighted by Crippen LogP contribution is 2.27. The summed E-state index contributed by atoms with van der Waals surface area (Å²) in [6.45, 7) is 5.69. The van der Waals surface area contributed by atoms with Crippen LogP contribution in [0, 0.1) is 0 Å². The maximum absolute atomic E-state index is 3.78.